The van der Waals surface area contributed by atoms with Crippen LogP contribution < -0.4 is 0 Å². The van der Waals surface area contributed by atoms with Crippen LogP contribution in [0.4, 0.5) is 13.2 Å². The highest BCUT2D eigenvalue weighted by molar-refractivity contribution is 5.88. The number of ether oxygens (including phenoxy) is 1. The Bertz CT molecular complexity index is 1140. The van der Waals surface area contributed by atoms with Gasteiger partial charge in [-0.1, -0.05) is 40.6 Å². The zero-order valence-electron chi connectivity index (χ0n) is 19.6. The number of carbonyl (C=O) groups excluding carboxylic acids is 1. The summed E-state index contributed by atoms with van der Waals surface area (Å²) in [7, 11) is 0.912. The summed E-state index contributed by atoms with van der Waals surface area (Å²) in [5.41, 5.74) is -2.05. The third-order valence-electron chi connectivity index (χ3n) is 6.14. The quantitative estimate of drug-likeness (QED) is 0.515. The lowest BCUT2D eigenvalue weighted by Gasteiger charge is -2.37. The van der Waals surface area contributed by atoms with Crippen LogP contribution in [0.1, 0.15) is 29.3 Å². The van der Waals surface area contributed by atoms with Crippen molar-refractivity contribution < 1.29 is 31.7 Å². The molecule has 35 heavy (non-hydrogen) atoms. The van der Waals surface area contributed by atoms with Gasteiger partial charge in [-0.2, -0.15) is 18.2 Å². The standard InChI is InChI=1S/C23H26F3N5O4/c1-15-19(16(2)34-28-15)20-27-18(29-35-20)14-30-10-7-11-31(13-12-30)21(32)22(33-3,23(24,25)26)17-8-5-4-6-9-17/h4-6,8-9H,7,10-14H2,1-3H3. The van der Waals surface area contributed by atoms with Gasteiger partial charge < -0.3 is 18.7 Å². The molecule has 1 unspecified atom stereocenters. The number of amides is 1. The molecule has 0 radical (unpaired) electrons. The van der Waals surface area contributed by atoms with E-state index in [2.05, 4.69) is 15.3 Å². The highest BCUT2D eigenvalue weighted by atomic mass is 19.4. The van der Waals surface area contributed by atoms with Crippen LogP contribution in [-0.2, 0) is 21.7 Å². The Morgan fingerprint density at radius 1 is 1.06 bits per heavy atom. The fourth-order valence-corrected chi connectivity index (χ4v) is 4.36. The Morgan fingerprint density at radius 2 is 1.80 bits per heavy atom. The van der Waals surface area contributed by atoms with Crippen molar-refractivity contribution in [2.24, 2.45) is 0 Å². The van der Waals surface area contributed by atoms with E-state index in [1.165, 1.54) is 29.2 Å². The van der Waals surface area contributed by atoms with Gasteiger partial charge in [-0.05, 0) is 20.3 Å². The number of rotatable bonds is 6. The molecule has 12 heteroatoms. The molecule has 3 heterocycles. The van der Waals surface area contributed by atoms with Crippen molar-refractivity contribution in [1.82, 2.24) is 25.1 Å². The fourth-order valence-electron chi connectivity index (χ4n) is 4.36. The summed E-state index contributed by atoms with van der Waals surface area (Å²) in [4.78, 5) is 20.9. The van der Waals surface area contributed by atoms with E-state index in [-0.39, 0.29) is 18.7 Å². The topological polar surface area (TPSA) is 97.7 Å². The molecule has 0 saturated carbocycles. The fraction of sp³-hybridized carbons (Fsp3) is 0.478. The van der Waals surface area contributed by atoms with Crippen molar-refractivity contribution in [2.75, 3.05) is 33.3 Å². The SMILES string of the molecule is COC(C(=O)N1CCCN(Cc2noc(-c3c(C)noc3C)n2)CC1)(c1ccccc1)C(F)(F)F. The van der Waals surface area contributed by atoms with E-state index in [0.717, 1.165) is 7.11 Å². The highest BCUT2D eigenvalue weighted by Gasteiger charge is 2.63. The summed E-state index contributed by atoms with van der Waals surface area (Å²) in [6.45, 7) is 5.00. The van der Waals surface area contributed by atoms with Crippen LogP contribution in [-0.4, -0.2) is 70.5 Å². The van der Waals surface area contributed by atoms with Gasteiger partial charge >= 0.3 is 6.18 Å². The number of methoxy groups -OCH3 is 1. The molecule has 3 aromatic rings. The van der Waals surface area contributed by atoms with E-state index in [1.807, 2.05) is 4.90 Å². The summed E-state index contributed by atoms with van der Waals surface area (Å²) < 4.78 is 58.3. The molecule has 0 spiro atoms. The van der Waals surface area contributed by atoms with E-state index < -0.39 is 17.7 Å². The van der Waals surface area contributed by atoms with E-state index in [0.29, 0.717) is 54.8 Å². The van der Waals surface area contributed by atoms with Crippen LogP contribution in [0.3, 0.4) is 0 Å². The molecule has 2 aromatic heterocycles. The zero-order chi connectivity index (χ0) is 25.2. The number of aryl methyl sites for hydroxylation is 2. The van der Waals surface area contributed by atoms with E-state index >= 15 is 0 Å². The Kier molecular flexibility index (Phi) is 6.95. The van der Waals surface area contributed by atoms with Gasteiger partial charge in [0, 0.05) is 38.9 Å². The summed E-state index contributed by atoms with van der Waals surface area (Å²) in [5.74, 6) is 0.151. The summed E-state index contributed by atoms with van der Waals surface area (Å²) in [6, 6.07) is 7.00. The maximum atomic E-state index is 14.3. The first-order valence-electron chi connectivity index (χ1n) is 11.1. The second kappa shape index (κ2) is 9.78. The molecule has 0 bridgehead atoms. The first kappa shape index (κ1) is 24.9. The average molecular weight is 493 g/mol. The molecule has 188 valence electrons. The van der Waals surface area contributed by atoms with Gasteiger partial charge in [-0.25, -0.2) is 0 Å². The molecule has 0 aliphatic carbocycles. The lowest BCUT2D eigenvalue weighted by molar-refractivity contribution is -0.270. The predicted octanol–water partition coefficient (Wildman–Crippen LogP) is 3.48. The number of hydrogen-bond acceptors (Lipinski definition) is 8. The van der Waals surface area contributed by atoms with Gasteiger partial charge in [0.15, 0.2) is 5.82 Å². The Balaban J connectivity index is 1.48. The molecule has 1 aliphatic heterocycles. The van der Waals surface area contributed by atoms with E-state index in [4.69, 9.17) is 13.8 Å². The van der Waals surface area contributed by atoms with Crippen LogP contribution in [0.5, 0.6) is 0 Å². The van der Waals surface area contributed by atoms with Gasteiger partial charge in [0.1, 0.15) is 11.3 Å². The average Bonchev–Trinajstić information content (AvgIpc) is 3.32. The lowest BCUT2D eigenvalue weighted by Crippen LogP contribution is -2.57. The smallest absolute Gasteiger partial charge is 0.361 e. The van der Waals surface area contributed by atoms with Crippen molar-refractivity contribution in [1.29, 1.82) is 0 Å². The van der Waals surface area contributed by atoms with Gasteiger partial charge in [0.05, 0.1) is 12.2 Å². The van der Waals surface area contributed by atoms with Crippen molar-refractivity contribution in [3.05, 3.63) is 53.2 Å². The second-order valence-electron chi connectivity index (χ2n) is 8.39. The normalized spacial score (nSPS) is 17.3. The largest absolute Gasteiger partial charge is 0.430 e. The van der Waals surface area contributed by atoms with Crippen molar-refractivity contribution in [3.63, 3.8) is 0 Å². The van der Waals surface area contributed by atoms with Gasteiger partial charge in [-0.15, -0.1) is 0 Å². The minimum absolute atomic E-state index is 0.0986. The minimum atomic E-state index is -4.94. The molecule has 0 N–H and O–H groups in total. The Hall–Kier alpha value is -3.25. The number of nitrogens with zero attached hydrogens (tertiary/aromatic N) is 5. The molecule has 1 amide bonds. The summed E-state index contributed by atoms with van der Waals surface area (Å²) >= 11 is 0. The molecule has 1 aliphatic rings. The molecular weight excluding hydrogens is 467 g/mol. The zero-order valence-corrected chi connectivity index (χ0v) is 19.6. The lowest BCUT2D eigenvalue weighted by atomic mass is 9.91. The van der Waals surface area contributed by atoms with E-state index in [9.17, 15) is 18.0 Å². The minimum Gasteiger partial charge on any atom is -0.361 e. The van der Waals surface area contributed by atoms with Crippen molar-refractivity contribution >= 4 is 5.91 Å². The van der Waals surface area contributed by atoms with Crippen molar-refractivity contribution in [3.8, 4) is 11.5 Å². The molecule has 1 fully saturated rings. The number of alkyl halides is 3. The van der Waals surface area contributed by atoms with Crippen LogP contribution >= 0.6 is 0 Å². The molecular formula is C23H26F3N5O4. The Labute approximate surface area is 199 Å². The number of hydrogen-bond donors (Lipinski definition) is 0. The van der Waals surface area contributed by atoms with Crippen LogP contribution in [0.2, 0.25) is 0 Å². The van der Waals surface area contributed by atoms with Crippen molar-refractivity contribution in [2.45, 2.75) is 38.6 Å². The molecule has 1 atom stereocenters. The van der Waals surface area contributed by atoms with Gasteiger partial charge in [0.2, 0.25) is 0 Å². The number of carbonyl (C=O) groups is 1. The highest BCUT2D eigenvalue weighted by Crippen LogP contribution is 2.43. The Morgan fingerprint density at radius 3 is 2.43 bits per heavy atom. The first-order chi connectivity index (χ1) is 16.7. The number of benzene rings is 1. The monoisotopic (exact) mass is 493 g/mol. The summed E-state index contributed by atoms with van der Waals surface area (Å²) in [5, 5.41) is 7.89. The van der Waals surface area contributed by atoms with Crippen LogP contribution in [0, 0.1) is 13.8 Å². The second-order valence-corrected chi connectivity index (χ2v) is 8.39. The van der Waals surface area contributed by atoms with E-state index in [1.54, 1.807) is 19.9 Å². The van der Waals surface area contributed by atoms with Gasteiger partial charge in [0.25, 0.3) is 17.4 Å². The van der Waals surface area contributed by atoms with Gasteiger partial charge in [-0.3, -0.25) is 9.69 Å². The number of halogens is 3. The number of aromatic nitrogens is 3. The summed E-state index contributed by atoms with van der Waals surface area (Å²) in [6.07, 6.45) is -4.46. The predicted molar refractivity (Wildman–Crippen MR) is 117 cm³/mol. The van der Waals surface area contributed by atoms with Crippen LogP contribution in [0.15, 0.2) is 39.4 Å². The maximum absolute atomic E-state index is 14.3. The van der Waals surface area contributed by atoms with Crippen LogP contribution in [0.25, 0.3) is 11.5 Å². The third kappa shape index (κ3) is 4.67. The molecule has 1 aromatic carbocycles. The first-order valence-corrected chi connectivity index (χ1v) is 11.1. The molecule has 4 rings (SSSR count). The third-order valence-corrected chi connectivity index (χ3v) is 6.14. The molecule has 1 saturated heterocycles. The molecule has 9 nitrogen and oxygen atoms in total. The maximum Gasteiger partial charge on any atom is 0.430 e.